The first-order chi connectivity index (χ1) is 9.49. The highest BCUT2D eigenvalue weighted by atomic mass is 35.7. The van der Waals surface area contributed by atoms with Crippen molar-refractivity contribution in [3.05, 3.63) is 5.82 Å². The van der Waals surface area contributed by atoms with Crippen molar-refractivity contribution >= 4 is 19.7 Å². The van der Waals surface area contributed by atoms with E-state index in [1.54, 1.807) is 4.57 Å². The van der Waals surface area contributed by atoms with E-state index in [0.29, 0.717) is 12.5 Å². The SMILES string of the molecule is CCCn1c(CC2CC3CCC2C3)nnc1S(=O)(=O)Cl. The predicted molar refractivity (Wildman–Crippen MR) is 76.0 cm³/mol. The summed E-state index contributed by atoms with van der Waals surface area (Å²) in [6.07, 6.45) is 6.95. The molecule has 112 valence electrons. The van der Waals surface area contributed by atoms with E-state index in [1.807, 2.05) is 6.92 Å². The molecule has 3 unspecified atom stereocenters. The molecule has 0 N–H and O–H groups in total. The molecule has 0 spiro atoms. The first-order valence-electron chi connectivity index (χ1n) is 7.35. The van der Waals surface area contributed by atoms with Crippen molar-refractivity contribution in [3.63, 3.8) is 0 Å². The second-order valence-electron chi connectivity index (χ2n) is 6.13. The third kappa shape index (κ3) is 2.60. The predicted octanol–water partition coefficient (Wildman–Crippen LogP) is 2.59. The molecule has 2 fully saturated rings. The number of aromatic nitrogens is 3. The number of rotatable bonds is 5. The minimum Gasteiger partial charge on any atom is -0.301 e. The monoisotopic (exact) mass is 317 g/mol. The minimum atomic E-state index is -3.82. The van der Waals surface area contributed by atoms with Crippen LogP contribution < -0.4 is 0 Å². The van der Waals surface area contributed by atoms with Gasteiger partial charge in [-0.1, -0.05) is 13.3 Å². The molecule has 2 aliphatic carbocycles. The van der Waals surface area contributed by atoms with E-state index in [2.05, 4.69) is 10.2 Å². The van der Waals surface area contributed by atoms with Crippen LogP contribution in [0.3, 0.4) is 0 Å². The molecule has 2 bridgehead atoms. The number of halogens is 1. The van der Waals surface area contributed by atoms with Crippen LogP contribution in [0.5, 0.6) is 0 Å². The maximum absolute atomic E-state index is 11.5. The Morgan fingerprint density at radius 2 is 2.10 bits per heavy atom. The largest absolute Gasteiger partial charge is 0.301 e. The van der Waals surface area contributed by atoms with Gasteiger partial charge >= 0.3 is 0 Å². The zero-order valence-corrected chi connectivity index (χ0v) is 13.2. The third-order valence-electron chi connectivity index (χ3n) is 4.79. The van der Waals surface area contributed by atoms with Crippen molar-refractivity contribution in [1.82, 2.24) is 14.8 Å². The van der Waals surface area contributed by atoms with Crippen LogP contribution in [0.1, 0.15) is 44.9 Å². The van der Waals surface area contributed by atoms with Crippen molar-refractivity contribution in [3.8, 4) is 0 Å². The Balaban J connectivity index is 1.84. The smallest absolute Gasteiger partial charge is 0.296 e. The Hall–Kier alpha value is -0.620. The van der Waals surface area contributed by atoms with Gasteiger partial charge < -0.3 is 4.57 Å². The number of nitrogens with zero attached hydrogens (tertiary/aromatic N) is 3. The third-order valence-corrected chi connectivity index (χ3v) is 5.94. The van der Waals surface area contributed by atoms with Gasteiger partial charge in [-0.25, -0.2) is 8.42 Å². The van der Waals surface area contributed by atoms with Gasteiger partial charge in [-0.2, -0.15) is 0 Å². The standard InChI is InChI=1S/C13H20ClN3O2S/c1-2-5-17-12(15-16-13(17)20(14,18)19)8-11-7-9-3-4-10(11)6-9/h9-11H,2-8H2,1H3. The summed E-state index contributed by atoms with van der Waals surface area (Å²) in [6, 6.07) is 0. The first kappa shape index (κ1) is 14.3. The quantitative estimate of drug-likeness (QED) is 0.783. The van der Waals surface area contributed by atoms with Gasteiger partial charge in [-0.3, -0.25) is 0 Å². The highest BCUT2D eigenvalue weighted by molar-refractivity contribution is 8.13. The summed E-state index contributed by atoms with van der Waals surface area (Å²) in [6.45, 7) is 2.61. The van der Waals surface area contributed by atoms with Gasteiger partial charge in [0, 0.05) is 23.6 Å². The van der Waals surface area contributed by atoms with Crippen LogP contribution in [0.2, 0.25) is 0 Å². The van der Waals surface area contributed by atoms with Gasteiger partial charge in [0.25, 0.3) is 14.2 Å². The summed E-state index contributed by atoms with van der Waals surface area (Å²) in [7, 11) is 1.62. The average molecular weight is 318 g/mol. The van der Waals surface area contributed by atoms with E-state index in [-0.39, 0.29) is 5.16 Å². The lowest BCUT2D eigenvalue weighted by atomic mass is 9.86. The zero-order chi connectivity index (χ0) is 14.3. The Morgan fingerprint density at radius 3 is 2.65 bits per heavy atom. The summed E-state index contributed by atoms with van der Waals surface area (Å²) in [5.41, 5.74) is 0. The molecule has 7 heteroatoms. The lowest BCUT2D eigenvalue weighted by Gasteiger charge is -2.21. The van der Waals surface area contributed by atoms with E-state index >= 15 is 0 Å². The summed E-state index contributed by atoms with van der Waals surface area (Å²) in [5, 5.41) is 7.80. The molecular formula is C13H20ClN3O2S. The second kappa shape index (κ2) is 5.30. The Labute approximate surface area is 124 Å². The van der Waals surface area contributed by atoms with E-state index in [4.69, 9.17) is 10.7 Å². The summed E-state index contributed by atoms with van der Waals surface area (Å²) in [4.78, 5) is 0. The molecule has 0 radical (unpaired) electrons. The molecule has 3 atom stereocenters. The van der Waals surface area contributed by atoms with Crippen LogP contribution in [0.4, 0.5) is 0 Å². The van der Waals surface area contributed by atoms with Gasteiger partial charge in [-0.15, -0.1) is 10.2 Å². The van der Waals surface area contributed by atoms with Gasteiger partial charge in [0.1, 0.15) is 5.82 Å². The molecular weight excluding hydrogens is 298 g/mol. The maximum atomic E-state index is 11.5. The molecule has 0 aromatic carbocycles. The fourth-order valence-corrected chi connectivity index (χ4v) is 4.90. The van der Waals surface area contributed by atoms with Gasteiger partial charge in [0.15, 0.2) is 0 Å². The van der Waals surface area contributed by atoms with Crippen molar-refractivity contribution in [2.24, 2.45) is 17.8 Å². The molecule has 5 nitrogen and oxygen atoms in total. The minimum absolute atomic E-state index is 0.0980. The number of hydrogen-bond acceptors (Lipinski definition) is 4. The van der Waals surface area contributed by atoms with Crippen molar-refractivity contribution < 1.29 is 8.42 Å². The van der Waals surface area contributed by atoms with E-state index in [9.17, 15) is 8.42 Å². The Morgan fingerprint density at radius 1 is 1.30 bits per heavy atom. The highest BCUT2D eigenvalue weighted by Crippen LogP contribution is 2.49. The van der Waals surface area contributed by atoms with Crippen LogP contribution in [-0.4, -0.2) is 23.2 Å². The highest BCUT2D eigenvalue weighted by Gasteiger charge is 2.40. The molecule has 2 saturated carbocycles. The van der Waals surface area contributed by atoms with Crippen LogP contribution in [-0.2, 0) is 22.0 Å². The van der Waals surface area contributed by atoms with Crippen LogP contribution in [0.25, 0.3) is 0 Å². The average Bonchev–Trinajstić information content (AvgIpc) is 3.05. The topological polar surface area (TPSA) is 64.8 Å². The first-order valence-corrected chi connectivity index (χ1v) is 9.66. The van der Waals surface area contributed by atoms with Gasteiger partial charge in [0.05, 0.1) is 0 Å². The zero-order valence-electron chi connectivity index (χ0n) is 11.6. The molecule has 3 rings (SSSR count). The molecule has 20 heavy (non-hydrogen) atoms. The van der Waals surface area contributed by atoms with Gasteiger partial charge in [-0.05, 0) is 43.4 Å². The van der Waals surface area contributed by atoms with Crippen LogP contribution in [0.15, 0.2) is 5.16 Å². The fraction of sp³-hybridized carbons (Fsp3) is 0.846. The molecule has 0 amide bonds. The lowest BCUT2D eigenvalue weighted by molar-refractivity contribution is 0.322. The van der Waals surface area contributed by atoms with Crippen molar-refractivity contribution in [1.29, 1.82) is 0 Å². The second-order valence-corrected chi connectivity index (χ2v) is 8.59. The fourth-order valence-electron chi connectivity index (χ4n) is 3.96. The Bertz CT molecular complexity index is 599. The molecule has 0 saturated heterocycles. The van der Waals surface area contributed by atoms with Gasteiger partial charge in [0.2, 0.25) is 0 Å². The van der Waals surface area contributed by atoms with E-state index in [1.165, 1.54) is 25.7 Å². The lowest BCUT2D eigenvalue weighted by Crippen LogP contribution is -2.17. The molecule has 1 aromatic rings. The maximum Gasteiger partial charge on any atom is 0.296 e. The summed E-state index contributed by atoms with van der Waals surface area (Å²) < 4.78 is 24.8. The molecule has 1 heterocycles. The van der Waals surface area contributed by atoms with E-state index in [0.717, 1.165) is 30.5 Å². The summed E-state index contributed by atoms with van der Waals surface area (Å²) >= 11 is 0. The Kier molecular flexibility index (Phi) is 3.79. The molecule has 2 aliphatic rings. The summed E-state index contributed by atoms with van der Waals surface area (Å²) in [5.74, 6) is 3.09. The van der Waals surface area contributed by atoms with Crippen molar-refractivity contribution in [2.45, 2.75) is 57.1 Å². The normalized spacial score (nSPS) is 29.2. The number of hydrogen-bond donors (Lipinski definition) is 0. The number of fused-ring (bicyclic) bond motifs is 2. The van der Waals surface area contributed by atoms with Crippen LogP contribution >= 0.6 is 10.7 Å². The van der Waals surface area contributed by atoms with Crippen LogP contribution in [0, 0.1) is 17.8 Å². The van der Waals surface area contributed by atoms with Crippen molar-refractivity contribution in [2.75, 3.05) is 0 Å². The van der Waals surface area contributed by atoms with E-state index < -0.39 is 9.05 Å². The molecule has 0 aliphatic heterocycles. The molecule has 1 aromatic heterocycles.